The Morgan fingerprint density at radius 2 is 1.95 bits per heavy atom. The summed E-state index contributed by atoms with van der Waals surface area (Å²) in [6, 6.07) is 8.27. The third-order valence-electron chi connectivity index (χ3n) is 2.71. The highest BCUT2D eigenvalue weighted by molar-refractivity contribution is 6.31. The lowest BCUT2D eigenvalue weighted by atomic mass is 10.2. The quantitative estimate of drug-likeness (QED) is 0.876. The van der Waals surface area contributed by atoms with E-state index in [2.05, 4.69) is 5.32 Å². The zero-order valence-electron chi connectivity index (χ0n) is 10.9. The summed E-state index contributed by atoms with van der Waals surface area (Å²) < 4.78 is 31.6. The zero-order chi connectivity index (χ0) is 14.5. The maximum atomic E-state index is 13.5. The van der Waals surface area contributed by atoms with E-state index >= 15 is 0 Å². The van der Waals surface area contributed by atoms with E-state index < -0.39 is 11.6 Å². The SMILES string of the molecule is CCNCc1ccc(Oc2ccc(F)cc2F)cc1Cl. The van der Waals surface area contributed by atoms with Gasteiger partial charge in [-0.15, -0.1) is 0 Å². The Balaban J connectivity index is 2.15. The molecule has 5 heteroatoms. The first-order chi connectivity index (χ1) is 9.60. The summed E-state index contributed by atoms with van der Waals surface area (Å²) in [6.45, 7) is 3.50. The number of hydrogen-bond acceptors (Lipinski definition) is 2. The largest absolute Gasteiger partial charge is 0.454 e. The summed E-state index contributed by atoms with van der Waals surface area (Å²) in [7, 11) is 0. The molecule has 0 heterocycles. The fourth-order valence-electron chi connectivity index (χ4n) is 1.68. The first-order valence-electron chi connectivity index (χ1n) is 6.22. The van der Waals surface area contributed by atoms with Crippen LogP contribution in [0.25, 0.3) is 0 Å². The molecule has 0 spiro atoms. The molecule has 0 saturated carbocycles. The van der Waals surface area contributed by atoms with Crippen LogP contribution in [-0.2, 0) is 6.54 Å². The van der Waals surface area contributed by atoms with Gasteiger partial charge in [0.05, 0.1) is 0 Å². The smallest absolute Gasteiger partial charge is 0.168 e. The van der Waals surface area contributed by atoms with Crippen molar-refractivity contribution in [2.24, 2.45) is 0 Å². The summed E-state index contributed by atoms with van der Waals surface area (Å²) in [5.74, 6) is -1.03. The van der Waals surface area contributed by atoms with Crippen molar-refractivity contribution in [1.29, 1.82) is 0 Å². The summed E-state index contributed by atoms with van der Waals surface area (Å²) >= 11 is 6.12. The van der Waals surface area contributed by atoms with Gasteiger partial charge < -0.3 is 10.1 Å². The zero-order valence-corrected chi connectivity index (χ0v) is 11.7. The van der Waals surface area contributed by atoms with Crippen molar-refractivity contribution in [2.75, 3.05) is 6.54 Å². The Morgan fingerprint density at radius 1 is 1.15 bits per heavy atom. The first-order valence-corrected chi connectivity index (χ1v) is 6.60. The Labute approximate surface area is 121 Å². The van der Waals surface area contributed by atoms with Gasteiger partial charge in [-0.25, -0.2) is 8.78 Å². The van der Waals surface area contributed by atoms with E-state index in [1.807, 2.05) is 13.0 Å². The van der Waals surface area contributed by atoms with E-state index in [-0.39, 0.29) is 5.75 Å². The number of rotatable bonds is 5. The minimum absolute atomic E-state index is 0.0399. The Kier molecular flexibility index (Phi) is 4.93. The second-order valence-corrected chi connectivity index (χ2v) is 4.62. The second-order valence-electron chi connectivity index (χ2n) is 4.21. The Bertz CT molecular complexity index is 604. The standard InChI is InChI=1S/C15H14ClF2NO/c1-2-19-9-10-3-5-12(8-13(10)16)20-15-6-4-11(17)7-14(15)18/h3-8,19H,2,9H2,1H3. The van der Waals surface area contributed by atoms with Gasteiger partial charge in [-0.05, 0) is 36.4 Å². The van der Waals surface area contributed by atoms with Crippen LogP contribution in [0, 0.1) is 11.6 Å². The summed E-state index contributed by atoms with van der Waals surface area (Å²) in [5.41, 5.74) is 0.931. The van der Waals surface area contributed by atoms with Crippen molar-refractivity contribution in [1.82, 2.24) is 5.32 Å². The van der Waals surface area contributed by atoms with E-state index in [1.165, 1.54) is 6.07 Å². The molecule has 0 amide bonds. The molecule has 0 bridgehead atoms. The van der Waals surface area contributed by atoms with Gasteiger partial charge in [-0.1, -0.05) is 24.6 Å². The van der Waals surface area contributed by atoms with Crippen LogP contribution in [-0.4, -0.2) is 6.54 Å². The van der Waals surface area contributed by atoms with Crippen molar-refractivity contribution in [2.45, 2.75) is 13.5 Å². The lowest BCUT2D eigenvalue weighted by molar-refractivity contribution is 0.437. The van der Waals surface area contributed by atoms with Gasteiger partial charge in [0.2, 0.25) is 0 Å². The monoisotopic (exact) mass is 297 g/mol. The topological polar surface area (TPSA) is 21.3 Å². The minimum Gasteiger partial charge on any atom is -0.454 e. The van der Waals surface area contributed by atoms with Crippen LogP contribution < -0.4 is 10.1 Å². The fraction of sp³-hybridized carbons (Fsp3) is 0.200. The lowest BCUT2D eigenvalue weighted by Crippen LogP contribution is -2.11. The molecule has 2 nitrogen and oxygen atoms in total. The van der Waals surface area contributed by atoms with Gasteiger partial charge in [0.25, 0.3) is 0 Å². The lowest BCUT2D eigenvalue weighted by Gasteiger charge is -2.10. The molecule has 2 rings (SSSR count). The van der Waals surface area contributed by atoms with E-state index in [9.17, 15) is 8.78 Å². The van der Waals surface area contributed by atoms with E-state index in [1.54, 1.807) is 12.1 Å². The van der Waals surface area contributed by atoms with Crippen LogP contribution in [0.15, 0.2) is 36.4 Å². The molecule has 0 atom stereocenters. The van der Waals surface area contributed by atoms with Gasteiger partial charge >= 0.3 is 0 Å². The summed E-state index contributed by atoms with van der Waals surface area (Å²) in [6.07, 6.45) is 0. The van der Waals surface area contributed by atoms with E-state index in [4.69, 9.17) is 16.3 Å². The molecule has 0 radical (unpaired) electrons. The summed E-state index contributed by atoms with van der Waals surface area (Å²) in [4.78, 5) is 0. The molecular weight excluding hydrogens is 284 g/mol. The predicted octanol–water partition coefficient (Wildman–Crippen LogP) is 4.52. The number of hydrogen-bond donors (Lipinski definition) is 1. The third kappa shape index (κ3) is 3.68. The van der Waals surface area contributed by atoms with Crippen LogP contribution in [0.3, 0.4) is 0 Å². The minimum atomic E-state index is -0.752. The summed E-state index contributed by atoms with van der Waals surface area (Å²) in [5, 5.41) is 3.70. The van der Waals surface area contributed by atoms with Gasteiger partial charge in [0.15, 0.2) is 11.6 Å². The van der Waals surface area contributed by atoms with Crippen LogP contribution >= 0.6 is 11.6 Å². The number of ether oxygens (including phenoxy) is 1. The molecule has 0 fully saturated rings. The average molecular weight is 298 g/mol. The number of halogens is 3. The van der Waals surface area contributed by atoms with Crippen LogP contribution in [0.2, 0.25) is 5.02 Å². The molecule has 0 aliphatic heterocycles. The maximum absolute atomic E-state index is 13.5. The molecule has 20 heavy (non-hydrogen) atoms. The van der Waals surface area contributed by atoms with Crippen LogP contribution in [0.4, 0.5) is 8.78 Å². The van der Waals surface area contributed by atoms with Gasteiger partial charge in [0.1, 0.15) is 11.6 Å². The molecule has 2 aromatic rings. The normalized spacial score (nSPS) is 10.6. The molecule has 0 unspecified atom stereocenters. The average Bonchev–Trinajstić information content (AvgIpc) is 2.41. The molecule has 0 aliphatic carbocycles. The van der Waals surface area contributed by atoms with Crippen molar-refractivity contribution in [3.8, 4) is 11.5 Å². The van der Waals surface area contributed by atoms with Crippen molar-refractivity contribution in [3.05, 3.63) is 58.6 Å². The maximum Gasteiger partial charge on any atom is 0.168 e. The number of benzene rings is 2. The first kappa shape index (κ1) is 14.8. The van der Waals surface area contributed by atoms with Gasteiger partial charge in [-0.2, -0.15) is 0 Å². The fourth-order valence-corrected chi connectivity index (χ4v) is 1.92. The van der Waals surface area contributed by atoms with Gasteiger partial charge in [0, 0.05) is 17.6 Å². The van der Waals surface area contributed by atoms with E-state index in [0.717, 1.165) is 24.2 Å². The second kappa shape index (κ2) is 6.68. The third-order valence-corrected chi connectivity index (χ3v) is 3.06. The highest BCUT2D eigenvalue weighted by Gasteiger charge is 2.08. The predicted molar refractivity (Wildman–Crippen MR) is 75.3 cm³/mol. The van der Waals surface area contributed by atoms with Crippen molar-refractivity contribution in [3.63, 3.8) is 0 Å². The highest BCUT2D eigenvalue weighted by Crippen LogP contribution is 2.28. The van der Waals surface area contributed by atoms with Crippen LogP contribution in [0.5, 0.6) is 11.5 Å². The number of nitrogens with one attached hydrogen (secondary N) is 1. The molecule has 2 aromatic carbocycles. The molecule has 0 aromatic heterocycles. The van der Waals surface area contributed by atoms with Crippen molar-refractivity contribution < 1.29 is 13.5 Å². The molecule has 106 valence electrons. The highest BCUT2D eigenvalue weighted by atomic mass is 35.5. The molecular formula is C15H14ClF2NO. The Morgan fingerprint density at radius 3 is 2.60 bits per heavy atom. The Hall–Kier alpha value is -1.65. The van der Waals surface area contributed by atoms with Crippen molar-refractivity contribution >= 4 is 11.6 Å². The molecule has 0 aliphatic rings. The van der Waals surface area contributed by atoms with E-state index in [0.29, 0.717) is 17.3 Å². The van der Waals surface area contributed by atoms with Crippen LogP contribution in [0.1, 0.15) is 12.5 Å². The molecule has 0 saturated heterocycles. The van der Waals surface area contributed by atoms with Gasteiger partial charge in [-0.3, -0.25) is 0 Å². The molecule has 1 N–H and O–H groups in total.